The second kappa shape index (κ2) is 4.75. The Balaban J connectivity index is 2.01. The van der Waals surface area contributed by atoms with Crippen molar-refractivity contribution >= 4 is 0 Å². The van der Waals surface area contributed by atoms with E-state index in [0.29, 0.717) is 0 Å². The molecule has 2 aromatic heterocycles. The van der Waals surface area contributed by atoms with Crippen molar-refractivity contribution in [3.63, 3.8) is 0 Å². The molecule has 0 radical (unpaired) electrons. The number of nitrogens with one attached hydrogen (secondary N) is 1. The van der Waals surface area contributed by atoms with Gasteiger partial charge in [-0.3, -0.25) is 4.68 Å². The molecule has 2 heterocycles. The minimum absolute atomic E-state index is 0.193. The first kappa shape index (κ1) is 11.9. The van der Waals surface area contributed by atoms with Crippen LogP contribution in [0.1, 0.15) is 43.0 Å². The van der Waals surface area contributed by atoms with Crippen molar-refractivity contribution in [2.24, 2.45) is 7.05 Å². The summed E-state index contributed by atoms with van der Waals surface area (Å²) >= 11 is 0. The van der Waals surface area contributed by atoms with E-state index in [4.69, 9.17) is 4.42 Å². The fourth-order valence-electron chi connectivity index (χ4n) is 1.90. The Labute approximate surface area is 102 Å². The molecule has 0 aromatic carbocycles. The summed E-state index contributed by atoms with van der Waals surface area (Å²) in [5.74, 6) is 1.92. The van der Waals surface area contributed by atoms with Crippen LogP contribution in [0.3, 0.4) is 0 Å². The van der Waals surface area contributed by atoms with Crippen molar-refractivity contribution < 1.29 is 4.42 Å². The van der Waals surface area contributed by atoms with Gasteiger partial charge in [0.25, 0.3) is 0 Å². The zero-order valence-electron chi connectivity index (χ0n) is 10.8. The van der Waals surface area contributed by atoms with E-state index < -0.39 is 0 Å². The summed E-state index contributed by atoms with van der Waals surface area (Å²) in [6.07, 6.45) is 3.91. The lowest BCUT2D eigenvalue weighted by Crippen LogP contribution is -2.21. The lowest BCUT2D eigenvalue weighted by atomic mass is 10.1. The molecule has 0 bridgehead atoms. The van der Waals surface area contributed by atoms with Gasteiger partial charge in [0, 0.05) is 24.8 Å². The maximum Gasteiger partial charge on any atom is 0.120 e. The number of hydrogen-bond acceptors (Lipinski definition) is 3. The van der Waals surface area contributed by atoms with Crippen molar-refractivity contribution in [2.45, 2.75) is 32.9 Å². The molecule has 2 rings (SSSR count). The smallest absolute Gasteiger partial charge is 0.120 e. The maximum atomic E-state index is 5.60. The Hall–Kier alpha value is -1.55. The third-order valence-corrected chi connectivity index (χ3v) is 2.91. The van der Waals surface area contributed by atoms with E-state index >= 15 is 0 Å². The zero-order chi connectivity index (χ0) is 12.4. The zero-order valence-corrected chi connectivity index (χ0v) is 10.8. The molecule has 0 aliphatic carbocycles. The summed E-state index contributed by atoms with van der Waals surface area (Å²) in [6, 6.07) is 4.45. The molecule has 4 heteroatoms. The van der Waals surface area contributed by atoms with E-state index in [2.05, 4.69) is 24.3 Å². The Bertz CT molecular complexity index is 442. The van der Waals surface area contributed by atoms with Gasteiger partial charge < -0.3 is 9.73 Å². The van der Waals surface area contributed by atoms with E-state index in [1.54, 1.807) is 0 Å². The van der Waals surface area contributed by atoms with Gasteiger partial charge in [-0.2, -0.15) is 5.10 Å². The first-order chi connectivity index (χ1) is 8.06. The predicted molar refractivity (Wildman–Crippen MR) is 66.6 cm³/mol. The fourth-order valence-corrected chi connectivity index (χ4v) is 1.90. The quantitative estimate of drug-likeness (QED) is 0.883. The minimum atomic E-state index is 0.193. The molecule has 0 spiro atoms. The lowest BCUT2D eigenvalue weighted by molar-refractivity contribution is 0.392. The third kappa shape index (κ3) is 2.77. The van der Waals surface area contributed by atoms with Crippen LogP contribution in [0.4, 0.5) is 0 Å². The van der Waals surface area contributed by atoms with Crippen molar-refractivity contribution in [1.82, 2.24) is 15.1 Å². The van der Waals surface area contributed by atoms with Crippen LogP contribution in [0.15, 0.2) is 28.9 Å². The number of furan rings is 1. The van der Waals surface area contributed by atoms with Gasteiger partial charge in [-0.25, -0.2) is 0 Å². The highest BCUT2D eigenvalue weighted by Gasteiger charge is 2.14. The lowest BCUT2D eigenvalue weighted by Gasteiger charge is -2.17. The average Bonchev–Trinajstić information content (AvgIpc) is 2.87. The van der Waals surface area contributed by atoms with Crippen LogP contribution in [-0.4, -0.2) is 9.78 Å². The first-order valence-corrected chi connectivity index (χ1v) is 5.87. The molecule has 1 N–H and O–H groups in total. The number of hydrogen-bond donors (Lipinski definition) is 1. The van der Waals surface area contributed by atoms with Crippen molar-refractivity contribution in [1.29, 1.82) is 0 Å². The number of nitrogens with zero attached hydrogens (tertiary/aromatic N) is 2. The van der Waals surface area contributed by atoms with E-state index in [9.17, 15) is 0 Å². The average molecular weight is 233 g/mol. The van der Waals surface area contributed by atoms with Crippen LogP contribution in [0.25, 0.3) is 0 Å². The Morgan fingerprint density at radius 3 is 2.59 bits per heavy atom. The highest BCUT2D eigenvalue weighted by molar-refractivity contribution is 5.12. The van der Waals surface area contributed by atoms with Crippen LogP contribution < -0.4 is 5.32 Å². The van der Waals surface area contributed by atoms with Gasteiger partial charge in [0.1, 0.15) is 11.5 Å². The number of aryl methyl sites for hydroxylation is 2. The van der Waals surface area contributed by atoms with Crippen LogP contribution in [0.2, 0.25) is 0 Å². The van der Waals surface area contributed by atoms with Gasteiger partial charge in [0.15, 0.2) is 0 Å². The molecule has 4 nitrogen and oxygen atoms in total. The van der Waals surface area contributed by atoms with Gasteiger partial charge in [-0.15, -0.1) is 0 Å². The molecule has 2 unspecified atom stereocenters. The maximum absolute atomic E-state index is 5.60. The molecule has 0 fully saturated rings. The van der Waals surface area contributed by atoms with Crippen molar-refractivity contribution in [3.8, 4) is 0 Å². The van der Waals surface area contributed by atoms with Gasteiger partial charge in [-0.1, -0.05) is 0 Å². The van der Waals surface area contributed by atoms with Crippen LogP contribution in [0.5, 0.6) is 0 Å². The van der Waals surface area contributed by atoms with E-state index in [1.807, 2.05) is 43.2 Å². The second-order valence-electron chi connectivity index (χ2n) is 4.51. The molecule has 2 aromatic rings. The molecular formula is C13H19N3O. The normalized spacial score (nSPS) is 14.8. The summed E-state index contributed by atoms with van der Waals surface area (Å²) in [4.78, 5) is 0. The molecule has 0 saturated heterocycles. The largest absolute Gasteiger partial charge is 0.465 e. The van der Waals surface area contributed by atoms with Crippen LogP contribution >= 0.6 is 0 Å². The van der Waals surface area contributed by atoms with Crippen LogP contribution in [0, 0.1) is 6.92 Å². The molecule has 0 aliphatic heterocycles. The topological polar surface area (TPSA) is 43.0 Å². The standard InChI is InChI=1S/C13H19N3O/c1-9-5-6-13(17-9)11(3)15-10(2)12-7-14-16(4)8-12/h5-8,10-11,15H,1-4H3. The highest BCUT2D eigenvalue weighted by Crippen LogP contribution is 2.20. The van der Waals surface area contributed by atoms with E-state index in [1.165, 1.54) is 5.56 Å². The predicted octanol–water partition coefficient (Wildman–Crippen LogP) is 2.73. The summed E-state index contributed by atoms with van der Waals surface area (Å²) in [7, 11) is 1.93. The van der Waals surface area contributed by atoms with Gasteiger partial charge in [0.05, 0.1) is 12.2 Å². The van der Waals surface area contributed by atoms with Gasteiger partial charge >= 0.3 is 0 Å². The summed E-state index contributed by atoms with van der Waals surface area (Å²) in [5.41, 5.74) is 1.18. The minimum Gasteiger partial charge on any atom is -0.465 e. The SMILES string of the molecule is Cc1ccc(C(C)NC(C)c2cnn(C)c2)o1. The molecule has 17 heavy (non-hydrogen) atoms. The number of aromatic nitrogens is 2. The van der Waals surface area contributed by atoms with Crippen LogP contribution in [-0.2, 0) is 7.05 Å². The molecule has 0 saturated carbocycles. The molecule has 92 valence electrons. The van der Waals surface area contributed by atoms with Gasteiger partial charge in [0.2, 0.25) is 0 Å². The van der Waals surface area contributed by atoms with Gasteiger partial charge in [-0.05, 0) is 32.9 Å². The Morgan fingerprint density at radius 2 is 2.06 bits per heavy atom. The van der Waals surface area contributed by atoms with E-state index in [-0.39, 0.29) is 12.1 Å². The summed E-state index contributed by atoms with van der Waals surface area (Å²) in [6.45, 7) is 6.19. The number of rotatable bonds is 4. The monoisotopic (exact) mass is 233 g/mol. The Morgan fingerprint density at radius 1 is 1.29 bits per heavy atom. The van der Waals surface area contributed by atoms with E-state index in [0.717, 1.165) is 11.5 Å². The van der Waals surface area contributed by atoms with Crippen molar-refractivity contribution in [2.75, 3.05) is 0 Å². The fraction of sp³-hybridized carbons (Fsp3) is 0.462. The summed E-state index contributed by atoms with van der Waals surface area (Å²) in [5, 5.41) is 7.67. The highest BCUT2D eigenvalue weighted by atomic mass is 16.3. The van der Waals surface area contributed by atoms with Crippen molar-refractivity contribution in [3.05, 3.63) is 41.6 Å². The second-order valence-corrected chi connectivity index (χ2v) is 4.51. The Kier molecular flexibility index (Phi) is 3.33. The molecule has 0 amide bonds. The molecular weight excluding hydrogens is 214 g/mol. The first-order valence-electron chi connectivity index (χ1n) is 5.87. The third-order valence-electron chi connectivity index (χ3n) is 2.91. The summed E-state index contributed by atoms with van der Waals surface area (Å²) < 4.78 is 7.42. The molecule has 0 aliphatic rings. The molecule has 2 atom stereocenters.